The number of aryl methyl sites for hydroxylation is 3. The van der Waals surface area contributed by atoms with E-state index in [9.17, 15) is 4.79 Å². The lowest BCUT2D eigenvalue weighted by atomic mass is 9.96. The fourth-order valence-corrected chi connectivity index (χ4v) is 3.77. The number of rotatable bonds is 4. The van der Waals surface area contributed by atoms with Gasteiger partial charge in [-0.05, 0) is 45.7 Å². The van der Waals surface area contributed by atoms with Crippen molar-refractivity contribution < 1.29 is 9.21 Å². The lowest BCUT2D eigenvalue weighted by Gasteiger charge is -2.33. The van der Waals surface area contributed by atoms with Crippen molar-refractivity contribution in [1.82, 2.24) is 20.3 Å². The van der Waals surface area contributed by atoms with E-state index >= 15 is 0 Å². The van der Waals surface area contributed by atoms with E-state index < -0.39 is 0 Å². The van der Waals surface area contributed by atoms with E-state index in [-0.39, 0.29) is 11.8 Å². The van der Waals surface area contributed by atoms with Gasteiger partial charge in [-0.1, -0.05) is 6.07 Å². The summed E-state index contributed by atoms with van der Waals surface area (Å²) in [5.74, 6) is 2.41. The molecule has 0 radical (unpaired) electrons. The smallest absolute Gasteiger partial charge is 0.231 e. The van der Waals surface area contributed by atoms with E-state index in [0.29, 0.717) is 24.6 Å². The molecule has 28 heavy (non-hydrogen) atoms. The van der Waals surface area contributed by atoms with Crippen molar-refractivity contribution in [3.8, 4) is 0 Å². The minimum atomic E-state index is -0.0731. The summed E-state index contributed by atoms with van der Waals surface area (Å²) in [6, 6.07) is 5.71. The highest BCUT2D eigenvalue weighted by molar-refractivity contribution is 5.90. The molecule has 1 atom stereocenters. The van der Waals surface area contributed by atoms with E-state index in [1.54, 1.807) is 6.20 Å². The van der Waals surface area contributed by atoms with Crippen molar-refractivity contribution in [3.63, 3.8) is 0 Å². The Morgan fingerprint density at radius 2 is 2.14 bits per heavy atom. The molecule has 7 heteroatoms. The third-order valence-electron chi connectivity index (χ3n) is 5.38. The fraction of sp³-hybridized carbons (Fsp3) is 0.429. The quantitative estimate of drug-likeness (QED) is 0.750. The second-order valence-corrected chi connectivity index (χ2v) is 7.38. The van der Waals surface area contributed by atoms with Crippen molar-refractivity contribution in [2.75, 3.05) is 18.0 Å². The molecule has 1 aliphatic heterocycles. The zero-order valence-electron chi connectivity index (χ0n) is 16.5. The first-order valence-electron chi connectivity index (χ1n) is 9.70. The van der Waals surface area contributed by atoms with Crippen LogP contribution in [0.5, 0.6) is 0 Å². The molecular formula is C21H25N5O2. The molecule has 3 aromatic heterocycles. The number of aromatic nitrogens is 3. The maximum Gasteiger partial charge on any atom is 0.231 e. The summed E-state index contributed by atoms with van der Waals surface area (Å²) in [5.41, 5.74) is 2.55. The normalized spacial score (nSPS) is 17.1. The molecule has 1 aliphatic rings. The summed E-state index contributed by atoms with van der Waals surface area (Å²) < 4.78 is 5.81. The lowest BCUT2D eigenvalue weighted by molar-refractivity contribution is -0.125. The first-order chi connectivity index (χ1) is 13.5. The zero-order chi connectivity index (χ0) is 19.7. The van der Waals surface area contributed by atoms with Gasteiger partial charge in [-0.25, -0.2) is 4.98 Å². The molecule has 1 unspecified atom stereocenters. The van der Waals surface area contributed by atoms with Crippen LogP contribution in [0.15, 0.2) is 28.8 Å². The summed E-state index contributed by atoms with van der Waals surface area (Å²) >= 11 is 0. The first kappa shape index (κ1) is 18.4. The Labute approximate surface area is 164 Å². The largest absolute Gasteiger partial charge is 0.443 e. The van der Waals surface area contributed by atoms with E-state index in [2.05, 4.69) is 20.2 Å². The number of pyridine rings is 1. The van der Waals surface area contributed by atoms with Gasteiger partial charge in [0, 0.05) is 24.8 Å². The number of anilines is 1. The van der Waals surface area contributed by atoms with Gasteiger partial charge < -0.3 is 14.6 Å². The summed E-state index contributed by atoms with van der Waals surface area (Å²) in [6.45, 7) is 7.82. The number of furan rings is 1. The second kappa shape index (κ2) is 7.58. The van der Waals surface area contributed by atoms with Crippen LogP contribution in [0.1, 0.15) is 35.7 Å². The van der Waals surface area contributed by atoms with E-state index in [4.69, 9.17) is 9.40 Å². The maximum absolute atomic E-state index is 12.7. The van der Waals surface area contributed by atoms with Crippen molar-refractivity contribution in [2.45, 2.75) is 40.2 Å². The summed E-state index contributed by atoms with van der Waals surface area (Å²) in [6.07, 6.45) is 3.56. The number of nitrogens with zero attached hydrogens (tertiary/aromatic N) is 4. The molecule has 4 heterocycles. The molecule has 1 fully saturated rings. The van der Waals surface area contributed by atoms with Crippen LogP contribution < -0.4 is 10.2 Å². The molecule has 146 valence electrons. The Bertz CT molecular complexity index is 999. The maximum atomic E-state index is 12.7. The number of nitrogens with one attached hydrogen (secondary N) is 1. The fourth-order valence-electron chi connectivity index (χ4n) is 3.77. The first-order valence-corrected chi connectivity index (χ1v) is 9.70. The highest BCUT2D eigenvalue weighted by Crippen LogP contribution is 2.33. The van der Waals surface area contributed by atoms with Crippen molar-refractivity contribution in [1.29, 1.82) is 0 Å². The van der Waals surface area contributed by atoms with Gasteiger partial charge in [0.15, 0.2) is 0 Å². The Morgan fingerprint density at radius 3 is 2.93 bits per heavy atom. The van der Waals surface area contributed by atoms with Crippen LogP contribution in [0, 0.1) is 26.7 Å². The molecule has 1 saturated heterocycles. The third kappa shape index (κ3) is 3.56. The van der Waals surface area contributed by atoms with Crippen LogP contribution in [0.2, 0.25) is 0 Å². The number of carbonyl (C=O) groups excluding carboxylic acids is 1. The van der Waals surface area contributed by atoms with Crippen LogP contribution >= 0.6 is 0 Å². The Morgan fingerprint density at radius 1 is 1.29 bits per heavy atom. The number of amides is 1. The number of fused-ring (bicyclic) bond motifs is 1. The number of carbonyl (C=O) groups is 1. The average molecular weight is 379 g/mol. The van der Waals surface area contributed by atoms with E-state index in [1.165, 1.54) is 0 Å². The Balaban J connectivity index is 1.52. The molecule has 0 aliphatic carbocycles. The molecule has 7 nitrogen and oxygen atoms in total. The summed E-state index contributed by atoms with van der Waals surface area (Å²) in [5, 5.41) is 3.98. The van der Waals surface area contributed by atoms with Gasteiger partial charge in [0.05, 0.1) is 23.5 Å². The second-order valence-electron chi connectivity index (χ2n) is 7.38. The SMILES string of the molecule is Cc1nc(N2CCCC(C(=O)NCc3ccccn3)C2)c2c(C)c(C)oc2n1. The minimum Gasteiger partial charge on any atom is -0.443 e. The van der Waals surface area contributed by atoms with Crippen molar-refractivity contribution in [2.24, 2.45) is 5.92 Å². The van der Waals surface area contributed by atoms with Crippen LogP contribution in [-0.4, -0.2) is 33.9 Å². The standard InChI is InChI=1S/C21H25N5O2/c1-13-14(2)28-21-18(13)19(24-15(3)25-21)26-10-6-7-16(12-26)20(27)23-11-17-8-4-5-9-22-17/h4-5,8-9,16H,6-7,10-12H2,1-3H3,(H,23,27). The Hall–Kier alpha value is -2.96. The van der Waals surface area contributed by atoms with Gasteiger partial charge in [-0.2, -0.15) is 4.98 Å². The summed E-state index contributed by atoms with van der Waals surface area (Å²) in [4.78, 5) is 28.3. The topological polar surface area (TPSA) is 84.2 Å². The Kier molecular flexibility index (Phi) is 4.98. The van der Waals surface area contributed by atoms with E-state index in [1.807, 2.05) is 39.0 Å². The number of hydrogen-bond donors (Lipinski definition) is 1. The van der Waals surface area contributed by atoms with Gasteiger partial charge in [-0.3, -0.25) is 9.78 Å². The molecule has 1 amide bonds. The minimum absolute atomic E-state index is 0.0671. The lowest BCUT2D eigenvalue weighted by Crippen LogP contribution is -2.43. The van der Waals surface area contributed by atoms with E-state index in [0.717, 1.165) is 47.6 Å². The molecule has 4 rings (SSSR count). The molecule has 1 N–H and O–H groups in total. The molecule has 0 bridgehead atoms. The molecule has 0 spiro atoms. The number of piperidine rings is 1. The van der Waals surface area contributed by atoms with Crippen molar-refractivity contribution >= 4 is 22.8 Å². The van der Waals surface area contributed by atoms with Crippen LogP contribution in [0.25, 0.3) is 11.1 Å². The van der Waals surface area contributed by atoms with Crippen LogP contribution in [-0.2, 0) is 11.3 Å². The van der Waals surface area contributed by atoms with Gasteiger partial charge in [0.1, 0.15) is 17.4 Å². The predicted octanol–water partition coefficient (Wildman–Crippen LogP) is 3.08. The van der Waals surface area contributed by atoms with Crippen molar-refractivity contribution in [3.05, 3.63) is 47.2 Å². The third-order valence-corrected chi connectivity index (χ3v) is 5.38. The van der Waals surface area contributed by atoms with Gasteiger partial charge >= 0.3 is 0 Å². The van der Waals surface area contributed by atoms with Crippen LogP contribution in [0.4, 0.5) is 5.82 Å². The van der Waals surface area contributed by atoms with Gasteiger partial charge in [0.2, 0.25) is 11.6 Å². The molecule has 0 saturated carbocycles. The zero-order valence-corrected chi connectivity index (χ0v) is 16.5. The monoisotopic (exact) mass is 379 g/mol. The molecular weight excluding hydrogens is 354 g/mol. The predicted molar refractivity (Wildman–Crippen MR) is 107 cm³/mol. The van der Waals surface area contributed by atoms with Gasteiger partial charge in [-0.15, -0.1) is 0 Å². The average Bonchev–Trinajstić information content (AvgIpc) is 3.00. The van der Waals surface area contributed by atoms with Crippen LogP contribution in [0.3, 0.4) is 0 Å². The highest BCUT2D eigenvalue weighted by atomic mass is 16.3. The highest BCUT2D eigenvalue weighted by Gasteiger charge is 2.29. The molecule has 3 aromatic rings. The molecule has 0 aromatic carbocycles. The number of hydrogen-bond acceptors (Lipinski definition) is 6. The van der Waals surface area contributed by atoms with Gasteiger partial charge in [0.25, 0.3) is 0 Å². The summed E-state index contributed by atoms with van der Waals surface area (Å²) in [7, 11) is 0.